The molecule has 0 aromatic carbocycles. The van der Waals surface area contributed by atoms with Crippen molar-refractivity contribution in [3.8, 4) is 0 Å². The van der Waals surface area contributed by atoms with Crippen LogP contribution in [0.3, 0.4) is 0 Å². The zero-order chi connectivity index (χ0) is 12.8. The van der Waals surface area contributed by atoms with Crippen LogP contribution in [0.5, 0.6) is 0 Å². The fourth-order valence-electron chi connectivity index (χ4n) is 2.21. The van der Waals surface area contributed by atoms with Crippen LogP contribution in [0.4, 0.5) is 13.2 Å². The van der Waals surface area contributed by atoms with Crippen LogP contribution >= 0.6 is 0 Å². The number of halogens is 3. The first kappa shape index (κ1) is 12.5. The van der Waals surface area contributed by atoms with E-state index < -0.39 is 15.6 Å². The molecule has 0 fully saturated rings. The van der Waals surface area contributed by atoms with E-state index in [-0.39, 0.29) is 17.6 Å². The van der Waals surface area contributed by atoms with Gasteiger partial charge in [-0.25, -0.2) is 0 Å². The number of hydrogen-bond acceptors (Lipinski definition) is 3. The van der Waals surface area contributed by atoms with Crippen LogP contribution in [-0.2, 0) is 14.3 Å². The molecule has 0 saturated carbocycles. The van der Waals surface area contributed by atoms with Crippen LogP contribution in [0.15, 0.2) is 23.5 Å². The summed E-state index contributed by atoms with van der Waals surface area (Å²) in [5, 5.41) is 0. The number of rotatable bonds is 2. The highest BCUT2D eigenvalue weighted by Gasteiger charge is 2.50. The second-order valence-electron chi connectivity index (χ2n) is 4.26. The third-order valence-corrected chi connectivity index (χ3v) is 4.01. The second-order valence-corrected chi connectivity index (χ2v) is 5.79. The summed E-state index contributed by atoms with van der Waals surface area (Å²) in [5.41, 5.74) is -4.50. The van der Waals surface area contributed by atoms with Gasteiger partial charge in [-0.1, -0.05) is 11.6 Å². The molecule has 2 unspecified atom stereocenters. The predicted molar refractivity (Wildman–Crippen MR) is 54.1 cm³/mol. The van der Waals surface area contributed by atoms with Crippen LogP contribution in [0.1, 0.15) is 19.8 Å². The van der Waals surface area contributed by atoms with E-state index in [1.54, 1.807) is 6.92 Å². The molecule has 3 aliphatic carbocycles. The molecule has 0 aliphatic heterocycles. The molecule has 2 atom stereocenters. The molecule has 0 aromatic rings. The van der Waals surface area contributed by atoms with Gasteiger partial charge in [0.05, 0.1) is 0 Å². The first-order valence-corrected chi connectivity index (χ1v) is 6.52. The molecular weight excluding hydrogens is 257 g/mol. The maximum Gasteiger partial charge on any atom is 0.534 e. The van der Waals surface area contributed by atoms with Gasteiger partial charge in [-0.05, 0) is 31.8 Å². The molecule has 7 heteroatoms. The topological polar surface area (TPSA) is 43.4 Å². The average molecular weight is 268 g/mol. The van der Waals surface area contributed by atoms with E-state index in [0.717, 1.165) is 12.0 Å². The minimum Gasteiger partial charge on any atom is -0.380 e. The summed E-state index contributed by atoms with van der Waals surface area (Å²) in [5.74, 6) is -0.436. The Balaban J connectivity index is 2.23. The molecule has 3 rings (SSSR count). The average Bonchev–Trinajstić information content (AvgIpc) is 2.14. The van der Waals surface area contributed by atoms with Crippen molar-refractivity contribution in [2.75, 3.05) is 0 Å². The lowest BCUT2D eigenvalue weighted by Gasteiger charge is -2.33. The molecule has 17 heavy (non-hydrogen) atoms. The Morgan fingerprint density at radius 1 is 1.29 bits per heavy atom. The second kappa shape index (κ2) is 3.76. The van der Waals surface area contributed by atoms with Crippen molar-refractivity contribution in [1.82, 2.24) is 0 Å². The van der Waals surface area contributed by atoms with Gasteiger partial charge < -0.3 is 4.18 Å². The van der Waals surface area contributed by atoms with Crippen LogP contribution in [-0.4, -0.2) is 13.9 Å². The van der Waals surface area contributed by atoms with Gasteiger partial charge in [0.25, 0.3) is 0 Å². The molecule has 0 spiro atoms. The summed E-state index contributed by atoms with van der Waals surface area (Å²) in [6.45, 7) is 1.77. The van der Waals surface area contributed by atoms with E-state index in [2.05, 4.69) is 4.18 Å². The molecule has 0 amide bonds. The van der Waals surface area contributed by atoms with Gasteiger partial charge in [0, 0.05) is 5.92 Å². The summed E-state index contributed by atoms with van der Waals surface area (Å²) in [6, 6.07) is 0. The zero-order valence-electron chi connectivity index (χ0n) is 8.99. The third-order valence-electron chi connectivity index (χ3n) is 3.03. The third kappa shape index (κ3) is 2.20. The van der Waals surface area contributed by atoms with Crippen molar-refractivity contribution in [2.45, 2.75) is 25.3 Å². The minimum absolute atomic E-state index is 0.0153. The fourth-order valence-corrected chi connectivity index (χ4v) is 2.73. The maximum atomic E-state index is 12.2. The molecule has 0 N–H and O–H groups in total. The molecule has 0 radical (unpaired) electrons. The highest BCUT2D eigenvalue weighted by Crippen LogP contribution is 2.42. The van der Waals surface area contributed by atoms with E-state index >= 15 is 0 Å². The van der Waals surface area contributed by atoms with Gasteiger partial charge in [0.1, 0.15) is 5.76 Å². The zero-order valence-corrected chi connectivity index (χ0v) is 9.81. The summed E-state index contributed by atoms with van der Waals surface area (Å²) in [6.07, 6.45) is 4.85. The first-order chi connectivity index (χ1) is 7.71. The monoisotopic (exact) mass is 268 g/mol. The Labute approximate surface area is 97.1 Å². The van der Waals surface area contributed by atoms with E-state index in [4.69, 9.17) is 0 Å². The Morgan fingerprint density at radius 3 is 2.41 bits per heavy atom. The van der Waals surface area contributed by atoms with Crippen LogP contribution < -0.4 is 0 Å². The molecular formula is C10H11F3O3S. The molecule has 0 aromatic heterocycles. The van der Waals surface area contributed by atoms with Gasteiger partial charge in [-0.3, -0.25) is 0 Å². The van der Waals surface area contributed by atoms with Gasteiger partial charge in [-0.2, -0.15) is 21.6 Å². The normalized spacial score (nSPS) is 28.7. The predicted octanol–water partition coefficient (Wildman–Crippen LogP) is 2.72. The molecule has 96 valence electrons. The summed E-state index contributed by atoms with van der Waals surface area (Å²) in [4.78, 5) is 0. The van der Waals surface area contributed by atoms with Crippen LogP contribution in [0.2, 0.25) is 0 Å². The Morgan fingerprint density at radius 2 is 1.94 bits per heavy atom. The number of hydrogen-bond donors (Lipinski definition) is 0. The fraction of sp³-hybridized carbons (Fsp3) is 0.600. The van der Waals surface area contributed by atoms with Gasteiger partial charge in [0.2, 0.25) is 0 Å². The van der Waals surface area contributed by atoms with E-state index in [1.165, 1.54) is 6.08 Å². The number of allylic oxidation sites excluding steroid dienone is 3. The van der Waals surface area contributed by atoms with Crippen LogP contribution in [0.25, 0.3) is 0 Å². The van der Waals surface area contributed by atoms with Gasteiger partial charge in [-0.15, -0.1) is 0 Å². The quantitative estimate of drug-likeness (QED) is 0.439. The van der Waals surface area contributed by atoms with Crippen molar-refractivity contribution in [2.24, 2.45) is 11.8 Å². The van der Waals surface area contributed by atoms with Crippen LogP contribution in [0, 0.1) is 11.8 Å². The highest BCUT2D eigenvalue weighted by molar-refractivity contribution is 7.87. The summed E-state index contributed by atoms with van der Waals surface area (Å²) in [7, 11) is -5.54. The van der Waals surface area contributed by atoms with E-state index in [0.29, 0.717) is 6.42 Å². The maximum absolute atomic E-state index is 12.2. The lowest BCUT2D eigenvalue weighted by molar-refractivity contribution is -0.0527. The Hall–Kier alpha value is -0.980. The molecule has 2 bridgehead atoms. The van der Waals surface area contributed by atoms with E-state index in [1.807, 2.05) is 6.08 Å². The molecule has 3 aliphatic rings. The number of alkyl halides is 3. The first-order valence-electron chi connectivity index (χ1n) is 5.11. The summed E-state index contributed by atoms with van der Waals surface area (Å²) < 4.78 is 62.5. The molecule has 0 heterocycles. The number of fused-ring (bicyclic) bond motifs is 1. The highest BCUT2D eigenvalue weighted by atomic mass is 32.2. The lowest BCUT2D eigenvalue weighted by Crippen LogP contribution is -2.30. The SMILES string of the molecule is CC1=CC2C=C(OS(=O)(=O)C(F)(F)F)C1CC2. The van der Waals surface area contributed by atoms with Crippen molar-refractivity contribution in [1.29, 1.82) is 0 Å². The van der Waals surface area contributed by atoms with Gasteiger partial charge >= 0.3 is 15.6 Å². The van der Waals surface area contributed by atoms with Crippen molar-refractivity contribution in [3.63, 3.8) is 0 Å². The Bertz CT molecular complexity index is 487. The molecule has 3 nitrogen and oxygen atoms in total. The van der Waals surface area contributed by atoms with Gasteiger partial charge in [0.15, 0.2) is 0 Å². The summed E-state index contributed by atoms with van der Waals surface area (Å²) >= 11 is 0. The minimum atomic E-state index is -5.54. The molecule has 0 saturated heterocycles. The smallest absolute Gasteiger partial charge is 0.380 e. The lowest BCUT2D eigenvalue weighted by atomic mass is 9.76. The van der Waals surface area contributed by atoms with Crippen molar-refractivity contribution in [3.05, 3.63) is 23.5 Å². The largest absolute Gasteiger partial charge is 0.534 e. The van der Waals surface area contributed by atoms with Crippen molar-refractivity contribution >= 4 is 10.1 Å². The van der Waals surface area contributed by atoms with E-state index in [9.17, 15) is 21.6 Å². The van der Waals surface area contributed by atoms with Crippen molar-refractivity contribution < 1.29 is 25.8 Å². The Kier molecular flexibility index (Phi) is 2.76. The standard InChI is InChI=1S/C10H11F3O3S/c1-6-4-7-2-3-8(6)9(5-7)16-17(14,15)10(11,12)13/h4-5,7-8H,2-3H2,1H3.